The molecule has 6 heteroatoms. The second kappa shape index (κ2) is 6.88. The van der Waals surface area contributed by atoms with Crippen molar-refractivity contribution in [1.82, 2.24) is 9.88 Å². The number of thiazole rings is 1. The summed E-state index contributed by atoms with van der Waals surface area (Å²) in [6, 6.07) is 15.3. The van der Waals surface area contributed by atoms with Crippen LogP contribution in [0.3, 0.4) is 0 Å². The Labute approximate surface area is 155 Å². The molecule has 0 aliphatic carbocycles. The van der Waals surface area contributed by atoms with Crippen LogP contribution in [0.1, 0.15) is 28.2 Å². The van der Waals surface area contributed by atoms with Crippen molar-refractivity contribution in [3.8, 4) is 0 Å². The molecule has 0 unspecified atom stereocenters. The number of anilines is 1. The molecule has 0 saturated carbocycles. The van der Waals surface area contributed by atoms with Gasteiger partial charge in [0.05, 0.1) is 16.8 Å². The molecule has 0 bridgehead atoms. The summed E-state index contributed by atoms with van der Waals surface area (Å²) in [5.74, 6) is 0.0511. The van der Waals surface area contributed by atoms with Crippen molar-refractivity contribution in [3.05, 3.63) is 59.1 Å². The number of fused-ring (bicyclic) bond motifs is 1. The Hall–Kier alpha value is -2.73. The number of aromatic nitrogens is 1. The van der Waals surface area contributed by atoms with E-state index in [0.717, 1.165) is 33.9 Å². The van der Waals surface area contributed by atoms with Gasteiger partial charge in [0.25, 0.3) is 5.91 Å². The van der Waals surface area contributed by atoms with E-state index in [9.17, 15) is 9.59 Å². The molecule has 2 heterocycles. The molecule has 0 N–H and O–H groups in total. The van der Waals surface area contributed by atoms with Crippen molar-refractivity contribution in [2.45, 2.75) is 19.4 Å². The van der Waals surface area contributed by atoms with Gasteiger partial charge in [0.15, 0.2) is 0 Å². The van der Waals surface area contributed by atoms with Crippen LogP contribution in [0.25, 0.3) is 10.2 Å². The molecule has 4 rings (SSSR count). The van der Waals surface area contributed by atoms with Gasteiger partial charge in [-0.25, -0.2) is 4.98 Å². The lowest BCUT2D eigenvalue weighted by Crippen LogP contribution is -2.27. The Morgan fingerprint density at radius 3 is 2.85 bits per heavy atom. The lowest BCUT2D eigenvalue weighted by molar-refractivity contribution is -0.117. The highest BCUT2D eigenvalue weighted by Crippen LogP contribution is 2.25. The molecular weight excluding hydrogens is 346 g/mol. The van der Waals surface area contributed by atoms with E-state index in [1.54, 1.807) is 40.3 Å². The molecule has 1 saturated heterocycles. The molecule has 0 spiro atoms. The van der Waals surface area contributed by atoms with E-state index in [4.69, 9.17) is 0 Å². The monoisotopic (exact) mass is 365 g/mol. The topological polar surface area (TPSA) is 53.5 Å². The number of amides is 2. The second-order valence-corrected chi connectivity index (χ2v) is 7.55. The molecule has 132 valence electrons. The van der Waals surface area contributed by atoms with Gasteiger partial charge in [0.2, 0.25) is 5.91 Å². The van der Waals surface area contributed by atoms with Gasteiger partial charge in [-0.1, -0.05) is 18.2 Å². The van der Waals surface area contributed by atoms with Crippen molar-refractivity contribution >= 4 is 39.1 Å². The summed E-state index contributed by atoms with van der Waals surface area (Å²) in [6.07, 6.45) is 1.45. The van der Waals surface area contributed by atoms with Crippen LogP contribution in [0.4, 0.5) is 5.69 Å². The first-order valence-electron chi connectivity index (χ1n) is 8.62. The molecule has 3 aromatic rings. The van der Waals surface area contributed by atoms with Crippen LogP contribution < -0.4 is 4.90 Å². The number of hydrogen-bond donors (Lipinski definition) is 0. The maximum Gasteiger partial charge on any atom is 0.254 e. The molecule has 1 fully saturated rings. The van der Waals surface area contributed by atoms with E-state index in [0.29, 0.717) is 18.5 Å². The Morgan fingerprint density at radius 1 is 1.23 bits per heavy atom. The average Bonchev–Trinajstić information content (AvgIpc) is 3.26. The standard InChI is InChI=1S/C20H19N3O2S/c1-22(13-18-21-16-8-2-3-9-17(16)26-18)20(25)14-6-4-7-15(12-14)23-11-5-10-19(23)24/h2-4,6-9,12H,5,10-11,13H2,1H3. The van der Waals surface area contributed by atoms with Gasteiger partial charge in [0, 0.05) is 31.3 Å². The van der Waals surface area contributed by atoms with Gasteiger partial charge in [-0.15, -0.1) is 11.3 Å². The Kier molecular flexibility index (Phi) is 4.42. The number of hydrogen-bond acceptors (Lipinski definition) is 4. The summed E-state index contributed by atoms with van der Waals surface area (Å²) in [4.78, 5) is 32.8. The predicted molar refractivity (Wildman–Crippen MR) is 103 cm³/mol. The van der Waals surface area contributed by atoms with E-state index < -0.39 is 0 Å². The lowest BCUT2D eigenvalue weighted by atomic mass is 10.1. The third-order valence-electron chi connectivity index (χ3n) is 4.54. The Balaban J connectivity index is 1.52. The number of benzene rings is 2. The summed E-state index contributed by atoms with van der Waals surface area (Å²) in [5, 5.41) is 0.910. The third-order valence-corrected chi connectivity index (χ3v) is 5.56. The number of rotatable bonds is 4. The maximum absolute atomic E-state index is 12.8. The maximum atomic E-state index is 12.8. The number of para-hydroxylation sites is 1. The number of carbonyl (C=O) groups excluding carboxylic acids is 2. The molecule has 0 radical (unpaired) electrons. The smallest absolute Gasteiger partial charge is 0.254 e. The zero-order chi connectivity index (χ0) is 18.1. The minimum absolute atomic E-state index is 0.0715. The SMILES string of the molecule is CN(Cc1nc2ccccc2s1)C(=O)c1cccc(N2CCCC2=O)c1. The van der Waals surface area contributed by atoms with Crippen molar-refractivity contribution in [1.29, 1.82) is 0 Å². The fraction of sp³-hybridized carbons (Fsp3) is 0.250. The minimum Gasteiger partial charge on any atom is -0.335 e. The molecule has 26 heavy (non-hydrogen) atoms. The summed E-state index contributed by atoms with van der Waals surface area (Å²) in [6.45, 7) is 1.18. The van der Waals surface area contributed by atoms with E-state index >= 15 is 0 Å². The lowest BCUT2D eigenvalue weighted by Gasteiger charge is -2.19. The quantitative estimate of drug-likeness (QED) is 0.708. The second-order valence-electron chi connectivity index (χ2n) is 6.44. The molecular formula is C20H19N3O2S. The van der Waals surface area contributed by atoms with Gasteiger partial charge >= 0.3 is 0 Å². The van der Waals surface area contributed by atoms with Gasteiger partial charge in [0.1, 0.15) is 5.01 Å². The molecule has 1 aliphatic heterocycles. The summed E-state index contributed by atoms with van der Waals surface area (Å²) < 4.78 is 1.12. The zero-order valence-corrected chi connectivity index (χ0v) is 15.3. The van der Waals surface area contributed by atoms with Crippen LogP contribution in [0, 0.1) is 0 Å². The van der Waals surface area contributed by atoms with E-state index in [-0.39, 0.29) is 11.8 Å². The third kappa shape index (κ3) is 3.20. The van der Waals surface area contributed by atoms with Gasteiger partial charge < -0.3 is 9.80 Å². The number of nitrogens with zero attached hydrogens (tertiary/aromatic N) is 3. The molecule has 0 atom stereocenters. The molecule has 1 aromatic heterocycles. The minimum atomic E-state index is -0.0715. The predicted octanol–water partition coefficient (Wildman–Crippen LogP) is 3.70. The van der Waals surface area contributed by atoms with Crippen molar-refractivity contribution in [2.75, 3.05) is 18.5 Å². The molecule has 2 amide bonds. The zero-order valence-electron chi connectivity index (χ0n) is 14.5. The Morgan fingerprint density at radius 2 is 2.08 bits per heavy atom. The first kappa shape index (κ1) is 16.7. The summed E-state index contributed by atoms with van der Waals surface area (Å²) in [7, 11) is 1.78. The number of carbonyl (C=O) groups is 2. The van der Waals surface area contributed by atoms with E-state index in [1.165, 1.54) is 0 Å². The summed E-state index contributed by atoms with van der Waals surface area (Å²) >= 11 is 1.60. The van der Waals surface area contributed by atoms with Gasteiger partial charge in [-0.2, -0.15) is 0 Å². The van der Waals surface area contributed by atoms with Crippen LogP contribution in [-0.2, 0) is 11.3 Å². The fourth-order valence-electron chi connectivity index (χ4n) is 3.21. The largest absolute Gasteiger partial charge is 0.335 e. The highest BCUT2D eigenvalue weighted by molar-refractivity contribution is 7.18. The first-order valence-corrected chi connectivity index (χ1v) is 9.44. The van der Waals surface area contributed by atoms with Crippen LogP contribution in [0.5, 0.6) is 0 Å². The average molecular weight is 365 g/mol. The van der Waals surface area contributed by atoms with Crippen LogP contribution in [0.2, 0.25) is 0 Å². The molecule has 1 aliphatic rings. The van der Waals surface area contributed by atoms with Gasteiger partial charge in [-0.3, -0.25) is 9.59 Å². The summed E-state index contributed by atoms with van der Waals surface area (Å²) in [5.41, 5.74) is 2.35. The van der Waals surface area contributed by atoms with Crippen molar-refractivity contribution in [3.63, 3.8) is 0 Å². The first-order chi connectivity index (χ1) is 12.6. The van der Waals surface area contributed by atoms with Crippen molar-refractivity contribution < 1.29 is 9.59 Å². The van der Waals surface area contributed by atoms with Crippen LogP contribution >= 0.6 is 11.3 Å². The van der Waals surface area contributed by atoms with Crippen molar-refractivity contribution in [2.24, 2.45) is 0 Å². The normalized spacial score (nSPS) is 14.2. The molecule has 5 nitrogen and oxygen atoms in total. The molecule has 2 aromatic carbocycles. The van der Waals surface area contributed by atoms with Gasteiger partial charge in [-0.05, 0) is 36.8 Å². The fourth-order valence-corrected chi connectivity index (χ4v) is 4.23. The highest BCUT2D eigenvalue weighted by Gasteiger charge is 2.23. The van der Waals surface area contributed by atoms with Crippen LogP contribution in [-0.4, -0.2) is 35.3 Å². The van der Waals surface area contributed by atoms with E-state index in [1.807, 2.05) is 36.4 Å². The highest BCUT2D eigenvalue weighted by atomic mass is 32.1. The van der Waals surface area contributed by atoms with E-state index in [2.05, 4.69) is 4.98 Å². The Bertz CT molecular complexity index is 949. The van der Waals surface area contributed by atoms with Crippen LogP contribution in [0.15, 0.2) is 48.5 Å².